The maximum absolute atomic E-state index is 5.97. The summed E-state index contributed by atoms with van der Waals surface area (Å²) in [5.41, 5.74) is 8.15. The van der Waals surface area contributed by atoms with Crippen LogP contribution < -0.4 is 11.1 Å². The monoisotopic (exact) mass is 228 g/mol. The van der Waals surface area contributed by atoms with Crippen LogP contribution in [0, 0.1) is 23.7 Å². The van der Waals surface area contributed by atoms with Gasteiger partial charge in [-0.05, 0) is 54.6 Å². The van der Waals surface area contributed by atoms with E-state index in [-0.39, 0.29) is 0 Å². The second-order valence-corrected chi connectivity index (χ2v) is 6.09. The summed E-state index contributed by atoms with van der Waals surface area (Å²) in [4.78, 5) is 0. The number of benzene rings is 1. The quantitative estimate of drug-likeness (QED) is 0.780. The molecule has 1 aromatic rings. The molecule has 0 aliphatic heterocycles. The second kappa shape index (κ2) is 3.49. The van der Waals surface area contributed by atoms with Crippen LogP contribution in [-0.2, 0) is 6.54 Å². The summed E-state index contributed by atoms with van der Waals surface area (Å²) in [6, 6.07) is 9.01. The number of anilines is 1. The molecule has 4 atom stereocenters. The highest BCUT2D eigenvalue weighted by atomic mass is 15.0. The van der Waals surface area contributed by atoms with Gasteiger partial charge in [-0.3, -0.25) is 0 Å². The summed E-state index contributed by atoms with van der Waals surface area (Å²) in [5.74, 6) is 4.13. The van der Waals surface area contributed by atoms with Gasteiger partial charge < -0.3 is 11.1 Å². The molecule has 1 aromatic carbocycles. The minimum absolute atomic E-state index is 0.806. The Morgan fingerprint density at radius 3 is 2.53 bits per heavy atom. The van der Waals surface area contributed by atoms with Crippen molar-refractivity contribution in [2.45, 2.75) is 31.8 Å². The van der Waals surface area contributed by atoms with Crippen LogP contribution in [0.2, 0.25) is 0 Å². The minimum atomic E-state index is 0.806. The van der Waals surface area contributed by atoms with E-state index in [0.29, 0.717) is 0 Å². The Morgan fingerprint density at radius 2 is 1.82 bits per heavy atom. The molecule has 17 heavy (non-hydrogen) atoms. The standard InChI is InChI=1S/C15H20N2/c16-12-4-2-1-3-11(12)8-17-15-13-9-5-6-10(7-9)14(13)15/h1-4,9-10,13-15,17H,5-8,16H2. The highest BCUT2D eigenvalue weighted by Gasteiger charge is 2.64. The Morgan fingerprint density at radius 1 is 1.12 bits per heavy atom. The number of nitrogen functional groups attached to an aromatic ring is 1. The van der Waals surface area contributed by atoms with E-state index < -0.39 is 0 Å². The van der Waals surface area contributed by atoms with Gasteiger partial charge in [-0.1, -0.05) is 18.2 Å². The van der Waals surface area contributed by atoms with Crippen molar-refractivity contribution in [2.75, 3.05) is 5.73 Å². The van der Waals surface area contributed by atoms with Crippen LogP contribution in [0.25, 0.3) is 0 Å². The smallest absolute Gasteiger partial charge is 0.0359 e. The fraction of sp³-hybridized carbons (Fsp3) is 0.600. The third-order valence-corrected chi connectivity index (χ3v) is 5.32. The van der Waals surface area contributed by atoms with Crippen LogP contribution in [0.5, 0.6) is 0 Å². The average molecular weight is 228 g/mol. The van der Waals surface area contributed by atoms with Gasteiger partial charge in [0.1, 0.15) is 0 Å². The van der Waals surface area contributed by atoms with Crippen molar-refractivity contribution in [3.63, 3.8) is 0 Å². The zero-order valence-electron chi connectivity index (χ0n) is 10.1. The molecule has 0 spiro atoms. The van der Waals surface area contributed by atoms with Gasteiger partial charge in [-0.2, -0.15) is 0 Å². The van der Waals surface area contributed by atoms with Gasteiger partial charge in [0.2, 0.25) is 0 Å². The fourth-order valence-electron chi connectivity index (χ4n) is 4.52. The molecule has 3 aliphatic carbocycles. The van der Waals surface area contributed by atoms with Gasteiger partial charge in [0.15, 0.2) is 0 Å². The number of nitrogens with two attached hydrogens (primary N) is 1. The topological polar surface area (TPSA) is 38.0 Å². The van der Waals surface area contributed by atoms with Crippen LogP contribution in [0.1, 0.15) is 24.8 Å². The number of hydrogen-bond donors (Lipinski definition) is 2. The predicted molar refractivity (Wildman–Crippen MR) is 69.3 cm³/mol. The van der Waals surface area contributed by atoms with Gasteiger partial charge in [-0.15, -0.1) is 0 Å². The van der Waals surface area contributed by atoms with Crippen molar-refractivity contribution in [2.24, 2.45) is 23.7 Å². The number of rotatable bonds is 3. The molecule has 4 rings (SSSR count). The van der Waals surface area contributed by atoms with Gasteiger partial charge in [-0.25, -0.2) is 0 Å². The summed E-state index contributed by atoms with van der Waals surface area (Å²) >= 11 is 0. The highest BCUT2D eigenvalue weighted by Crippen LogP contribution is 2.65. The first-order chi connectivity index (χ1) is 8.34. The molecule has 0 amide bonds. The Bertz CT molecular complexity index is 426. The molecule has 90 valence electrons. The van der Waals surface area contributed by atoms with Crippen LogP contribution in [-0.4, -0.2) is 6.04 Å². The number of nitrogens with one attached hydrogen (secondary N) is 1. The van der Waals surface area contributed by atoms with Gasteiger partial charge in [0.05, 0.1) is 0 Å². The molecule has 3 fully saturated rings. The molecule has 2 heteroatoms. The minimum Gasteiger partial charge on any atom is -0.398 e. The zero-order valence-corrected chi connectivity index (χ0v) is 10.1. The van der Waals surface area contributed by atoms with Crippen molar-refractivity contribution < 1.29 is 0 Å². The SMILES string of the molecule is Nc1ccccc1CNC1C2C3CCC(C3)C12. The van der Waals surface area contributed by atoms with E-state index in [9.17, 15) is 0 Å². The van der Waals surface area contributed by atoms with Gasteiger partial charge >= 0.3 is 0 Å². The molecule has 3 N–H and O–H groups in total. The molecular weight excluding hydrogens is 208 g/mol. The molecule has 0 aromatic heterocycles. The predicted octanol–water partition coefficient (Wildman–Crippen LogP) is 2.40. The van der Waals surface area contributed by atoms with E-state index in [4.69, 9.17) is 5.73 Å². The first-order valence-electron chi connectivity index (χ1n) is 6.91. The fourth-order valence-corrected chi connectivity index (χ4v) is 4.52. The average Bonchev–Trinajstić information content (AvgIpc) is 2.74. The van der Waals surface area contributed by atoms with E-state index in [1.165, 1.54) is 24.8 Å². The maximum atomic E-state index is 5.97. The molecule has 0 heterocycles. The van der Waals surface area contributed by atoms with Crippen molar-refractivity contribution in [3.8, 4) is 0 Å². The summed E-state index contributed by atoms with van der Waals surface area (Å²) in [6.45, 7) is 0.948. The maximum Gasteiger partial charge on any atom is 0.0359 e. The summed E-state index contributed by atoms with van der Waals surface area (Å²) in [7, 11) is 0. The Balaban J connectivity index is 1.40. The number of para-hydroxylation sites is 1. The van der Waals surface area contributed by atoms with Crippen molar-refractivity contribution in [3.05, 3.63) is 29.8 Å². The molecule has 3 saturated carbocycles. The molecule has 4 unspecified atom stereocenters. The molecule has 3 aliphatic rings. The second-order valence-electron chi connectivity index (χ2n) is 6.09. The Kier molecular flexibility index (Phi) is 2.04. The normalized spacial score (nSPS) is 41.5. The molecule has 0 radical (unpaired) electrons. The van der Waals surface area contributed by atoms with E-state index in [1.54, 1.807) is 0 Å². The van der Waals surface area contributed by atoms with Crippen molar-refractivity contribution >= 4 is 5.69 Å². The molecule has 0 saturated heterocycles. The summed E-state index contributed by atoms with van der Waals surface area (Å²) < 4.78 is 0. The lowest BCUT2D eigenvalue weighted by atomic mass is 10.0. The van der Waals surface area contributed by atoms with Crippen molar-refractivity contribution in [1.82, 2.24) is 5.32 Å². The van der Waals surface area contributed by atoms with E-state index >= 15 is 0 Å². The van der Waals surface area contributed by atoms with E-state index in [1.807, 2.05) is 12.1 Å². The van der Waals surface area contributed by atoms with Gasteiger partial charge in [0, 0.05) is 18.3 Å². The summed E-state index contributed by atoms with van der Waals surface area (Å²) in [5, 5.41) is 3.74. The Hall–Kier alpha value is -1.02. The number of fused-ring (bicyclic) bond motifs is 5. The van der Waals surface area contributed by atoms with E-state index in [2.05, 4.69) is 17.4 Å². The first kappa shape index (κ1) is 9.95. The van der Waals surface area contributed by atoms with Crippen LogP contribution >= 0.6 is 0 Å². The zero-order chi connectivity index (χ0) is 11.4. The lowest BCUT2D eigenvalue weighted by molar-refractivity contribution is 0.456. The lowest BCUT2D eigenvalue weighted by Crippen LogP contribution is -2.22. The highest BCUT2D eigenvalue weighted by molar-refractivity contribution is 5.46. The third kappa shape index (κ3) is 1.43. The van der Waals surface area contributed by atoms with Crippen LogP contribution in [0.15, 0.2) is 24.3 Å². The molecular formula is C15H20N2. The first-order valence-corrected chi connectivity index (χ1v) is 6.91. The molecule has 2 nitrogen and oxygen atoms in total. The van der Waals surface area contributed by atoms with Crippen LogP contribution in [0.4, 0.5) is 5.69 Å². The van der Waals surface area contributed by atoms with Crippen molar-refractivity contribution in [1.29, 1.82) is 0 Å². The van der Waals surface area contributed by atoms with Gasteiger partial charge in [0.25, 0.3) is 0 Å². The Labute approximate surface area is 103 Å². The third-order valence-electron chi connectivity index (χ3n) is 5.32. The van der Waals surface area contributed by atoms with Crippen LogP contribution in [0.3, 0.4) is 0 Å². The lowest BCUT2D eigenvalue weighted by Gasteiger charge is -2.11. The molecule has 2 bridgehead atoms. The summed E-state index contributed by atoms with van der Waals surface area (Å²) in [6.07, 6.45) is 4.52. The number of hydrogen-bond acceptors (Lipinski definition) is 2. The largest absolute Gasteiger partial charge is 0.398 e. The van der Waals surface area contributed by atoms with E-state index in [0.717, 1.165) is 41.9 Å².